The number of benzene rings is 3. The van der Waals surface area contributed by atoms with Gasteiger partial charge >= 0.3 is 0 Å². The van der Waals surface area contributed by atoms with Gasteiger partial charge in [-0.15, -0.1) is 21.5 Å². The first-order valence-electron chi connectivity index (χ1n) is 10.6. The minimum Gasteiger partial charge on any atom is -0.423 e. The van der Waals surface area contributed by atoms with Crippen LogP contribution < -0.4 is 0 Å². The molecule has 2 aromatic heterocycles. The van der Waals surface area contributed by atoms with Gasteiger partial charge in [-0.3, -0.25) is 0 Å². The van der Waals surface area contributed by atoms with Crippen LogP contribution in [0.3, 0.4) is 0 Å². The summed E-state index contributed by atoms with van der Waals surface area (Å²) in [5, 5.41) is 7.39. The number of aryl methyl sites for hydroxylation is 1. The SMILES string of the molecule is CCc1nnc(C(c2nc3ccc(-c4ccccc4)cc3s2)S(=O)(=O)Cc2ccccc2)o1. The first-order chi connectivity index (χ1) is 16.0. The van der Waals surface area contributed by atoms with Crippen molar-refractivity contribution in [1.82, 2.24) is 15.2 Å². The number of nitrogens with zero attached hydrogens (tertiary/aromatic N) is 3. The standard InChI is InChI=1S/C25H21N3O3S2/c1-2-22-27-28-24(31-22)23(33(29,30)16-17-9-5-3-6-10-17)25-26-20-14-13-19(15-21(20)32-25)18-11-7-4-8-12-18/h3-15,23H,2,16H2,1H3. The maximum Gasteiger partial charge on any atom is 0.241 e. The second-order valence-electron chi connectivity index (χ2n) is 7.66. The van der Waals surface area contributed by atoms with Gasteiger partial charge in [-0.05, 0) is 28.8 Å². The molecule has 5 aromatic rings. The molecule has 0 aliphatic rings. The molecule has 0 radical (unpaired) electrons. The lowest BCUT2D eigenvalue weighted by Gasteiger charge is -2.12. The molecule has 1 atom stereocenters. The molecule has 166 valence electrons. The van der Waals surface area contributed by atoms with Crippen LogP contribution in [0.2, 0.25) is 0 Å². The maximum atomic E-state index is 13.6. The molecule has 6 nitrogen and oxygen atoms in total. The van der Waals surface area contributed by atoms with Crippen LogP contribution in [0.15, 0.2) is 83.3 Å². The Morgan fingerprint density at radius 1 is 0.909 bits per heavy atom. The van der Waals surface area contributed by atoms with Crippen LogP contribution in [0.5, 0.6) is 0 Å². The Hall–Kier alpha value is -3.36. The highest BCUT2D eigenvalue weighted by Crippen LogP contribution is 2.38. The Bertz CT molecular complexity index is 1490. The number of aromatic nitrogens is 3. The topological polar surface area (TPSA) is 86.0 Å². The van der Waals surface area contributed by atoms with Gasteiger partial charge in [-0.2, -0.15) is 0 Å². The molecule has 0 aliphatic carbocycles. The summed E-state index contributed by atoms with van der Waals surface area (Å²) in [7, 11) is -3.73. The number of hydrogen-bond donors (Lipinski definition) is 0. The van der Waals surface area contributed by atoms with Gasteiger partial charge in [-0.25, -0.2) is 13.4 Å². The molecule has 0 bridgehead atoms. The molecule has 2 heterocycles. The average Bonchev–Trinajstić information content (AvgIpc) is 3.46. The smallest absolute Gasteiger partial charge is 0.241 e. The number of hydrogen-bond acceptors (Lipinski definition) is 7. The van der Waals surface area contributed by atoms with E-state index in [0.29, 0.717) is 22.9 Å². The Morgan fingerprint density at radius 2 is 1.64 bits per heavy atom. The lowest BCUT2D eigenvalue weighted by Crippen LogP contribution is -2.17. The number of sulfone groups is 1. The fourth-order valence-electron chi connectivity index (χ4n) is 3.68. The van der Waals surface area contributed by atoms with Crippen molar-refractivity contribution in [3.63, 3.8) is 0 Å². The van der Waals surface area contributed by atoms with Gasteiger partial charge in [0, 0.05) is 6.42 Å². The molecule has 0 N–H and O–H groups in total. The second kappa shape index (κ2) is 8.88. The van der Waals surface area contributed by atoms with E-state index >= 15 is 0 Å². The summed E-state index contributed by atoms with van der Waals surface area (Å²) in [5.74, 6) is 0.315. The van der Waals surface area contributed by atoms with Gasteiger partial charge in [0.25, 0.3) is 0 Å². The number of rotatable bonds is 7. The van der Waals surface area contributed by atoms with Crippen LogP contribution in [-0.4, -0.2) is 23.6 Å². The van der Waals surface area contributed by atoms with Crippen molar-refractivity contribution < 1.29 is 12.8 Å². The van der Waals surface area contributed by atoms with Gasteiger partial charge in [-0.1, -0.05) is 73.7 Å². The van der Waals surface area contributed by atoms with Gasteiger partial charge in [0.15, 0.2) is 15.1 Å². The highest BCUT2D eigenvalue weighted by molar-refractivity contribution is 7.91. The van der Waals surface area contributed by atoms with E-state index < -0.39 is 15.1 Å². The van der Waals surface area contributed by atoms with Crippen LogP contribution >= 0.6 is 11.3 Å². The molecule has 0 aliphatic heterocycles. The lowest BCUT2D eigenvalue weighted by molar-refractivity contribution is 0.453. The molecule has 0 spiro atoms. The molecule has 0 amide bonds. The van der Waals surface area contributed by atoms with Crippen LogP contribution in [0.4, 0.5) is 0 Å². The van der Waals surface area contributed by atoms with E-state index in [4.69, 9.17) is 4.42 Å². The first-order valence-corrected chi connectivity index (χ1v) is 13.1. The van der Waals surface area contributed by atoms with Crippen molar-refractivity contribution in [3.05, 3.63) is 101 Å². The number of fused-ring (bicyclic) bond motifs is 1. The lowest BCUT2D eigenvalue weighted by atomic mass is 10.1. The Labute approximate surface area is 195 Å². The fourth-order valence-corrected chi connectivity index (χ4v) is 6.83. The van der Waals surface area contributed by atoms with Crippen LogP contribution in [0, 0.1) is 0 Å². The molecule has 8 heteroatoms. The summed E-state index contributed by atoms with van der Waals surface area (Å²) >= 11 is 1.35. The Kier molecular flexibility index (Phi) is 5.78. The summed E-state index contributed by atoms with van der Waals surface area (Å²) in [6, 6.07) is 25.1. The molecule has 0 saturated carbocycles. The molecule has 0 fully saturated rings. The van der Waals surface area contributed by atoms with E-state index in [2.05, 4.69) is 15.2 Å². The van der Waals surface area contributed by atoms with E-state index in [1.165, 1.54) is 11.3 Å². The van der Waals surface area contributed by atoms with E-state index in [-0.39, 0.29) is 11.6 Å². The van der Waals surface area contributed by atoms with Crippen LogP contribution in [0.25, 0.3) is 21.3 Å². The molecule has 3 aromatic carbocycles. The normalized spacial score (nSPS) is 12.8. The van der Waals surface area contributed by atoms with Crippen LogP contribution in [0.1, 0.15) is 34.5 Å². The molecule has 1 unspecified atom stereocenters. The monoisotopic (exact) mass is 475 g/mol. The molecular formula is C25H21N3O3S2. The van der Waals surface area contributed by atoms with E-state index in [1.54, 1.807) is 12.1 Å². The summed E-state index contributed by atoms with van der Waals surface area (Å²) in [6.07, 6.45) is 0.527. The third kappa shape index (κ3) is 4.44. The maximum absolute atomic E-state index is 13.6. The zero-order valence-electron chi connectivity index (χ0n) is 17.9. The highest BCUT2D eigenvalue weighted by atomic mass is 32.2. The van der Waals surface area contributed by atoms with Gasteiger partial charge in [0.05, 0.1) is 16.0 Å². The highest BCUT2D eigenvalue weighted by Gasteiger charge is 2.37. The summed E-state index contributed by atoms with van der Waals surface area (Å²) < 4.78 is 33.8. The molecule has 0 saturated heterocycles. The molecular weight excluding hydrogens is 454 g/mol. The molecule has 33 heavy (non-hydrogen) atoms. The quantitative estimate of drug-likeness (QED) is 0.304. The van der Waals surface area contributed by atoms with E-state index in [9.17, 15) is 8.42 Å². The first kappa shape index (κ1) is 21.5. The van der Waals surface area contributed by atoms with Crippen molar-refractivity contribution in [2.24, 2.45) is 0 Å². The van der Waals surface area contributed by atoms with Crippen molar-refractivity contribution in [1.29, 1.82) is 0 Å². The average molecular weight is 476 g/mol. The minimum absolute atomic E-state index is 0.0603. The van der Waals surface area contributed by atoms with E-state index in [1.807, 2.05) is 73.7 Å². The van der Waals surface area contributed by atoms with Crippen molar-refractivity contribution >= 4 is 31.4 Å². The predicted octanol–water partition coefficient (Wildman–Crippen LogP) is 5.61. The fraction of sp³-hybridized carbons (Fsp3) is 0.160. The minimum atomic E-state index is -3.73. The van der Waals surface area contributed by atoms with Crippen molar-refractivity contribution in [2.75, 3.05) is 0 Å². The van der Waals surface area contributed by atoms with Gasteiger partial charge in [0.2, 0.25) is 11.8 Å². The Morgan fingerprint density at radius 3 is 2.33 bits per heavy atom. The summed E-state index contributed by atoms with van der Waals surface area (Å²) in [5.41, 5.74) is 3.58. The number of thiazole rings is 1. The van der Waals surface area contributed by atoms with Crippen LogP contribution in [-0.2, 0) is 22.0 Å². The predicted molar refractivity (Wildman–Crippen MR) is 130 cm³/mol. The third-order valence-corrected chi connectivity index (χ3v) is 8.43. The van der Waals surface area contributed by atoms with Crippen molar-refractivity contribution in [3.8, 4) is 11.1 Å². The Balaban J connectivity index is 1.60. The van der Waals surface area contributed by atoms with Crippen molar-refractivity contribution in [2.45, 2.75) is 24.3 Å². The van der Waals surface area contributed by atoms with Gasteiger partial charge < -0.3 is 4.42 Å². The summed E-state index contributed by atoms with van der Waals surface area (Å²) in [6.45, 7) is 1.88. The second-order valence-corrected chi connectivity index (χ2v) is 10.8. The summed E-state index contributed by atoms with van der Waals surface area (Å²) in [4.78, 5) is 4.68. The largest absolute Gasteiger partial charge is 0.423 e. The van der Waals surface area contributed by atoms with E-state index in [0.717, 1.165) is 21.3 Å². The van der Waals surface area contributed by atoms with Gasteiger partial charge in [0.1, 0.15) is 5.01 Å². The zero-order valence-corrected chi connectivity index (χ0v) is 19.5. The molecule has 5 rings (SSSR count). The zero-order chi connectivity index (χ0) is 22.8. The third-order valence-electron chi connectivity index (χ3n) is 5.32.